The molecular formula is C19H16Cl2N2O3. The largest absolute Gasteiger partial charge is 0.461 e. The van der Waals surface area contributed by atoms with Crippen molar-refractivity contribution in [3.05, 3.63) is 63.8 Å². The van der Waals surface area contributed by atoms with Crippen molar-refractivity contribution in [3.63, 3.8) is 0 Å². The highest BCUT2D eigenvalue weighted by atomic mass is 35.5. The number of aromatic nitrogens is 1. The molecule has 0 bridgehead atoms. The van der Waals surface area contributed by atoms with Crippen LogP contribution in [0.15, 0.2) is 42.5 Å². The number of rotatable bonds is 5. The molecule has 0 aliphatic rings. The molecule has 0 unspecified atom stereocenters. The lowest BCUT2D eigenvalue weighted by Crippen LogP contribution is -2.17. The van der Waals surface area contributed by atoms with E-state index in [-0.39, 0.29) is 24.6 Å². The topological polar surface area (TPSA) is 71.2 Å². The molecule has 7 heteroatoms. The smallest absolute Gasteiger partial charge is 0.356 e. The summed E-state index contributed by atoms with van der Waals surface area (Å²) >= 11 is 12.3. The molecule has 2 N–H and O–H groups in total. The Hall–Kier alpha value is -2.50. The fourth-order valence-corrected chi connectivity index (χ4v) is 3.20. The van der Waals surface area contributed by atoms with Gasteiger partial charge in [0.15, 0.2) is 0 Å². The summed E-state index contributed by atoms with van der Waals surface area (Å²) in [6.45, 7) is 1.95. The summed E-state index contributed by atoms with van der Waals surface area (Å²) in [5, 5.41) is 4.33. The van der Waals surface area contributed by atoms with Crippen LogP contribution >= 0.6 is 23.2 Å². The van der Waals surface area contributed by atoms with Gasteiger partial charge in [0.25, 0.3) is 0 Å². The summed E-state index contributed by atoms with van der Waals surface area (Å²) in [5.41, 5.74) is 1.84. The van der Waals surface area contributed by atoms with Gasteiger partial charge in [0.05, 0.1) is 18.7 Å². The van der Waals surface area contributed by atoms with Gasteiger partial charge in [-0.25, -0.2) is 4.79 Å². The fourth-order valence-electron chi connectivity index (χ4n) is 2.67. The van der Waals surface area contributed by atoms with E-state index in [4.69, 9.17) is 27.9 Å². The number of fused-ring (bicyclic) bond motifs is 1. The van der Waals surface area contributed by atoms with Gasteiger partial charge in [-0.3, -0.25) is 4.79 Å². The summed E-state index contributed by atoms with van der Waals surface area (Å²) < 4.78 is 5.07. The second kappa shape index (κ2) is 7.81. The number of ether oxygens (including phenoxy) is 1. The van der Waals surface area contributed by atoms with Gasteiger partial charge in [-0.1, -0.05) is 47.5 Å². The number of hydrogen-bond donors (Lipinski definition) is 2. The lowest BCUT2D eigenvalue weighted by Gasteiger charge is -2.09. The first-order chi connectivity index (χ1) is 12.5. The minimum Gasteiger partial charge on any atom is -0.461 e. The number of para-hydroxylation sites is 1. The third-order valence-corrected chi connectivity index (χ3v) is 4.56. The summed E-state index contributed by atoms with van der Waals surface area (Å²) in [6, 6.07) is 12.3. The van der Waals surface area contributed by atoms with Crippen molar-refractivity contribution < 1.29 is 14.3 Å². The Morgan fingerprint density at radius 1 is 1.08 bits per heavy atom. The van der Waals surface area contributed by atoms with Crippen molar-refractivity contribution >= 4 is 51.7 Å². The van der Waals surface area contributed by atoms with Crippen LogP contribution in [0.1, 0.15) is 23.0 Å². The number of amides is 1. The minimum atomic E-state index is -0.533. The Bertz CT molecular complexity index is 962. The minimum absolute atomic E-state index is 0.0136. The van der Waals surface area contributed by atoms with Crippen molar-refractivity contribution in [2.24, 2.45) is 0 Å². The lowest BCUT2D eigenvalue weighted by atomic mass is 10.1. The molecule has 1 aromatic heterocycles. The molecule has 1 heterocycles. The molecule has 0 radical (unpaired) electrons. The Morgan fingerprint density at radius 3 is 2.46 bits per heavy atom. The third-order valence-electron chi connectivity index (χ3n) is 3.85. The van der Waals surface area contributed by atoms with Gasteiger partial charge in [-0.05, 0) is 30.7 Å². The van der Waals surface area contributed by atoms with Crippen LogP contribution in [0.25, 0.3) is 10.9 Å². The van der Waals surface area contributed by atoms with Crippen molar-refractivity contribution in [1.29, 1.82) is 0 Å². The van der Waals surface area contributed by atoms with Gasteiger partial charge in [-0.15, -0.1) is 0 Å². The molecule has 1 amide bonds. The first-order valence-corrected chi connectivity index (χ1v) is 8.77. The van der Waals surface area contributed by atoms with Crippen LogP contribution in [0.3, 0.4) is 0 Å². The maximum atomic E-state index is 12.6. The molecule has 0 spiro atoms. The highest BCUT2D eigenvalue weighted by Crippen LogP contribution is 2.29. The molecule has 0 fully saturated rings. The average Bonchev–Trinajstić information content (AvgIpc) is 2.97. The van der Waals surface area contributed by atoms with Crippen LogP contribution in [-0.4, -0.2) is 23.5 Å². The van der Waals surface area contributed by atoms with E-state index in [9.17, 15) is 9.59 Å². The number of benzene rings is 2. The SMILES string of the molecule is CCOC(=O)c1[nH]c2ccccc2c1NC(=O)Cc1c(Cl)cccc1Cl. The van der Waals surface area contributed by atoms with E-state index in [1.54, 1.807) is 25.1 Å². The fraction of sp³-hybridized carbons (Fsp3) is 0.158. The number of nitrogens with one attached hydrogen (secondary N) is 2. The normalized spacial score (nSPS) is 10.7. The van der Waals surface area contributed by atoms with E-state index in [1.807, 2.05) is 24.3 Å². The number of hydrogen-bond acceptors (Lipinski definition) is 3. The van der Waals surface area contributed by atoms with Crippen molar-refractivity contribution in [1.82, 2.24) is 4.98 Å². The third kappa shape index (κ3) is 3.69. The van der Waals surface area contributed by atoms with Crippen molar-refractivity contribution in [3.8, 4) is 0 Å². The van der Waals surface area contributed by atoms with Crippen LogP contribution in [0.2, 0.25) is 10.0 Å². The maximum absolute atomic E-state index is 12.6. The van der Waals surface area contributed by atoms with Gasteiger partial charge in [0, 0.05) is 20.9 Å². The van der Waals surface area contributed by atoms with Gasteiger partial charge < -0.3 is 15.0 Å². The number of carbonyl (C=O) groups is 2. The van der Waals surface area contributed by atoms with E-state index in [2.05, 4.69) is 10.3 Å². The molecule has 26 heavy (non-hydrogen) atoms. The second-order valence-electron chi connectivity index (χ2n) is 5.57. The van der Waals surface area contributed by atoms with Crippen molar-refractivity contribution in [2.45, 2.75) is 13.3 Å². The molecule has 0 saturated heterocycles. The average molecular weight is 391 g/mol. The zero-order valence-corrected chi connectivity index (χ0v) is 15.4. The summed E-state index contributed by atoms with van der Waals surface area (Å²) in [4.78, 5) is 27.8. The number of anilines is 1. The number of carbonyl (C=O) groups excluding carboxylic acids is 2. The highest BCUT2D eigenvalue weighted by molar-refractivity contribution is 6.36. The van der Waals surface area contributed by atoms with E-state index < -0.39 is 5.97 Å². The second-order valence-corrected chi connectivity index (χ2v) is 6.38. The van der Waals surface area contributed by atoms with E-state index in [0.29, 0.717) is 26.7 Å². The van der Waals surface area contributed by atoms with Crippen LogP contribution in [0.5, 0.6) is 0 Å². The molecular weight excluding hydrogens is 375 g/mol. The molecule has 2 aromatic carbocycles. The molecule has 3 aromatic rings. The predicted octanol–water partition coefficient (Wildman–Crippen LogP) is 4.83. The monoisotopic (exact) mass is 390 g/mol. The van der Waals surface area contributed by atoms with Crippen LogP contribution in [0.4, 0.5) is 5.69 Å². The van der Waals surface area contributed by atoms with Crippen LogP contribution in [-0.2, 0) is 16.0 Å². The van der Waals surface area contributed by atoms with Gasteiger partial charge >= 0.3 is 5.97 Å². The van der Waals surface area contributed by atoms with Crippen molar-refractivity contribution in [2.75, 3.05) is 11.9 Å². The Balaban J connectivity index is 1.93. The number of H-pyrrole nitrogens is 1. The Kier molecular flexibility index (Phi) is 5.49. The van der Waals surface area contributed by atoms with Crippen LogP contribution in [0, 0.1) is 0 Å². The number of esters is 1. The molecule has 3 rings (SSSR count). The zero-order chi connectivity index (χ0) is 18.7. The molecule has 134 valence electrons. The number of halogens is 2. The van der Waals surface area contributed by atoms with E-state index in [1.165, 1.54) is 0 Å². The molecule has 0 saturated carbocycles. The van der Waals surface area contributed by atoms with Crippen LogP contribution < -0.4 is 5.32 Å². The number of aromatic amines is 1. The molecule has 5 nitrogen and oxygen atoms in total. The first-order valence-electron chi connectivity index (χ1n) is 8.01. The molecule has 0 aliphatic heterocycles. The Morgan fingerprint density at radius 2 is 1.77 bits per heavy atom. The van der Waals surface area contributed by atoms with Gasteiger partial charge in [0.2, 0.25) is 5.91 Å². The standard InChI is InChI=1S/C19H16Cl2N2O3/c1-2-26-19(25)18-17(11-6-3-4-9-15(11)22-18)23-16(24)10-12-13(20)7-5-8-14(12)21/h3-9,22H,2,10H2,1H3,(H,23,24). The van der Waals surface area contributed by atoms with Gasteiger partial charge in [0.1, 0.15) is 5.69 Å². The lowest BCUT2D eigenvalue weighted by molar-refractivity contribution is -0.115. The summed E-state index contributed by atoms with van der Waals surface area (Å²) in [5.74, 6) is -0.870. The quantitative estimate of drug-likeness (QED) is 0.612. The maximum Gasteiger partial charge on any atom is 0.356 e. The summed E-state index contributed by atoms with van der Waals surface area (Å²) in [6.07, 6.45) is -0.0136. The highest BCUT2D eigenvalue weighted by Gasteiger charge is 2.21. The molecule has 0 aliphatic carbocycles. The van der Waals surface area contributed by atoms with Gasteiger partial charge in [-0.2, -0.15) is 0 Å². The molecule has 0 atom stereocenters. The summed E-state index contributed by atoms with van der Waals surface area (Å²) in [7, 11) is 0. The van der Waals surface area contributed by atoms with E-state index >= 15 is 0 Å². The van der Waals surface area contributed by atoms with E-state index in [0.717, 1.165) is 5.52 Å². The Labute approximate surface area is 160 Å². The predicted molar refractivity (Wildman–Crippen MR) is 103 cm³/mol. The first kappa shape index (κ1) is 18.3. The zero-order valence-electron chi connectivity index (χ0n) is 13.9.